The Morgan fingerprint density at radius 1 is 0.800 bits per heavy atom. The maximum Gasteiger partial charge on any atom is 0.337 e. The predicted octanol–water partition coefficient (Wildman–Crippen LogP) is 4.81. The summed E-state index contributed by atoms with van der Waals surface area (Å²) in [6.45, 7) is 0. The molecule has 0 aliphatic carbocycles. The Hall–Kier alpha value is -4.14. The fourth-order valence-electron chi connectivity index (χ4n) is 3.32. The van der Waals surface area contributed by atoms with Gasteiger partial charge in [-0.05, 0) is 60.7 Å². The van der Waals surface area contributed by atoms with Crippen molar-refractivity contribution in [2.45, 2.75) is 0 Å². The Balaban J connectivity index is 1.45. The number of rotatable bonds is 6. The molecule has 3 amide bonds. The first-order chi connectivity index (χ1) is 16.8. The number of methoxy groups -OCH3 is 1. The molecule has 35 heavy (non-hydrogen) atoms. The van der Waals surface area contributed by atoms with E-state index in [1.54, 1.807) is 60.7 Å². The van der Waals surface area contributed by atoms with Crippen LogP contribution in [0.25, 0.3) is 0 Å². The second kappa shape index (κ2) is 10.0. The van der Waals surface area contributed by atoms with Crippen LogP contribution in [0.2, 0.25) is 5.02 Å². The number of hydrogen-bond donors (Lipinski definition) is 2. The zero-order valence-corrected chi connectivity index (χ0v) is 19.7. The van der Waals surface area contributed by atoms with Gasteiger partial charge in [-0.2, -0.15) is 0 Å². The summed E-state index contributed by atoms with van der Waals surface area (Å²) in [6.07, 6.45) is 0. The molecule has 10 heteroatoms. The Morgan fingerprint density at radius 2 is 1.40 bits per heavy atom. The van der Waals surface area contributed by atoms with Crippen LogP contribution in [-0.4, -0.2) is 30.8 Å². The zero-order valence-electron chi connectivity index (χ0n) is 18.2. The lowest BCUT2D eigenvalue weighted by molar-refractivity contribution is -0.120. The standard InChI is InChI=1S/C25H17Cl2N3O5/c1-35-25(34)15-8-12-17(13-9-15)29-22(31)14-6-10-16(11-7-14)28-21-20(27)23(32)30(24(21)33)19-5-3-2-4-18(19)26/h2-13,28H,1H3,(H,29,31). The van der Waals surface area contributed by atoms with Crippen molar-refractivity contribution < 1.29 is 23.9 Å². The summed E-state index contributed by atoms with van der Waals surface area (Å²) in [6, 6.07) is 18.9. The second-order valence-electron chi connectivity index (χ2n) is 7.31. The first-order valence-corrected chi connectivity index (χ1v) is 11.0. The molecule has 3 aromatic rings. The summed E-state index contributed by atoms with van der Waals surface area (Å²) in [5, 5.41) is 5.53. The highest BCUT2D eigenvalue weighted by Gasteiger charge is 2.39. The fraction of sp³-hybridized carbons (Fsp3) is 0.0400. The number of nitrogens with zero attached hydrogens (tertiary/aromatic N) is 1. The van der Waals surface area contributed by atoms with Crippen LogP contribution in [0.15, 0.2) is 83.5 Å². The first kappa shape index (κ1) is 24.0. The van der Waals surface area contributed by atoms with Gasteiger partial charge in [0, 0.05) is 16.9 Å². The molecular formula is C25H17Cl2N3O5. The van der Waals surface area contributed by atoms with Gasteiger partial charge >= 0.3 is 5.97 Å². The van der Waals surface area contributed by atoms with Gasteiger partial charge in [-0.25, -0.2) is 9.69 Å². The van der Waals surface area contributed by atoms with E-state index in [2.05, 4.69) is 15.4 Å². The van der Waals surface area contributed by atoms with Gasteiger partial charge in [0.25, 0.3) is 17.7 Å². The predicted molar refractivity (Wildman–Crippen MR) is 133 cm³/mol. The van der Waals surface area contributed by atoms with E-state index in [-0.39, 0.29) is 27.3 Å². The normalized spacial score (nSPS) is 13.2. The number of benzene rings is 3. The summed E-state index contributed by atoms with van der Waals surface area (Å²) in [5.74, 6) is -2.19. The molecule has 0 radical (unpaired) electrons. The molecule has 0 saturated carbocycles. The third-order valence-corrected chi connectivity index (χ3v) is 5.77. The monoisotopic (exact) mass is 509 g/mol. The van der Waals surface area contributed by atoms with Crippen LogP contribution >= 0.6 is 23.2 Å². The highest BCUT2D eigenvalue weighted by Crippen LogP contribution is 2.34. The maximum absolute atomic E-state index is 12.9. The van der Waals surface area contributed by atoms with Crippen molar-refractivity contribution in [2.75, 3.05) is 22.6 Å². The largest absolute Gasteiger partial charge is 0.465 e. The molecule has 3 aromatic carbocycles. The van der Waals surface area contributed by atoms with Crippen LogP contribution in [0.4, 0.5) is 17.1 Å². The highest BCUT2D eigenvalue weighted by atomic mass is 35.5. The Bertz CT molecular complexity index is 1370. The number of para-hydroxylation sites is 1. The number of amides is 3. The van der Waals surface area contributed by atoms with Crippen LogP contribution in [0.1, 0.15) is 20.7 Å². The molecule has 0 atom stereocenters. The summed E-state index contributed by atoms with van der Waals surface area (Å²) in [7, 11) is 1.29. The van der Waals surface area contributed by atoms with Crippen molar-refractivity contribution in [2.24, 2.45) is 0 Å². The molecule has 176 valence electrons. The summed E-state index contributed by atoms with van der Waals surface area (Å²) in [5.41, 5.74) is 1.78. The number of halogens is 2. The topological polar surface area (TPSA) is 105 Å². The summed E-state index contributed by atoms with van der Waals surface area (Å²) >= 11 is 12.3. The van der Waals surface area contributed by atoms with Gasteiger partial charge in [0.1, 0.15) is 10.7 Å². The van der Waals surface area contributed by atoms with E-state index >= 15 is 0 Å². The molecule has 4 rings (SSSR count). The number of esters is 1. The number of nitrogens with one attached hydrogen (secondary N) is 2. The first-order valence-electron chi connectivity index (χ1n) is 10.2. The second-order valence-corrected chi connectivity index (χ2v) is 8.10. The van der Waals surface area contributed by atoms with Gasteiger partial charge in [-0.1, -0.05) is 35.3 Å². The highest BCUT2D eigenvalue weighted by molar-refractivity contribution is 6.53. The van der Waals surface area contributed by atoms with Crippen molar-refractivity contribution in [1.29, 1.82) is 0 Å². The Labute approximate surface area is 210 Å². The molecule has 1 aliphatic heterocycles. The van der Waals surface area contributed by atoms with Crippen LogP contribution in [0.3, 0.4) is 0 Å². The van der Waals surface area contributed by atoms with Gasteiger partial charge in [-0.3, -0.25) is 14.4 Å². The van der Waals surface area contributed by atoms with Crippen molar-refractivity contribution >= 4 is 64.0 Å². The van der Waals surface area contributed by atoms with E-state index in [9.17, 15) is 19.2 Å². The Morgan fingerprint density at radius 3 is 2.03 bits per heavy atom. The zero-order chi connectivity index (χ0) is 25.1. The average molecular weight is 510 g/mol. The molecule has 1 heterocycles. The molecular weight excluding hydrogens is 493 g/mol. The number of carbonyl (C=O) groups excluding carboxylic acids is 4. The van der Waals surface area contributed by atoms with E-state index in [1.165, 1.54) is 19.2 Å². The van der Waals surface area contributed by atoms with Crippen LogP contribution in [-0.2, 0) is 14.3 Å². The summed E-state index contributed by atoms with van der Waals surface area (Å²) < 4.78 is 4.65. The molecule has 0 saturated heterocycles. The molecule has 0 spiro atoms. The van der Waals surface area contributed by atoms with Crippen molar-refractivity contribution in [3.05, 3.63) is 99.7 Å². The van der Waals surface area contributed by atoms with Gasteiger partial charge in [-0.15, -0.1) is 0 Å². The molecule has 0 fully saturated rings. The van der Waals surface area contributed by atoms with E-state index in [0.717, 1.165) is 4.90 Å². The fourth-order valence-corrected chi connectivity index (χ4v) is 3.76. The smallest absolute Gasteiger partial charge is 0.337 e. The van der Waals surface area contributed by atoms with Gasteiger partial charge in [0.05, 0.1) is 23.4 Å². The van der Waals surface area contributed by atoms with Gasteiger partial charge in [0.15, 0.2) is 0 Å². The van der Waals surface area contributed by atoms with Gasteiger partial charge in [0.2, 0.25) is 0 Å². The SMILES string of the molecule is COC(=O)c1ccc(NC(=O)c2ccc(NC3=C(Cl)C(=O)N(c4ccccc4Cl)C3=O)cc2)cc1. The Kier molecular flexibility index (Phi) is 6.86. The number of anilines is 3. The van der Waals surface area contributed by atoms with E-state index in [0.29, 0.717) is 22.5 Å². The van der Waals surface area contributed by atoms with Crippen LogP contribution in [0, 0.1) is 0 Å². The van der Waals surface area contributed by atoms with Crippen molar-refractivity contribution in [3.8, 4) is 0 Å². The van der Waals surface area contributed by atoms with E-state index in [4.69, 9.17) is 23.2 Å². The summed E-state index contributed by atoms with van der Waals surface area (Å²) in [4.78, 5) is 50.5. The van der Waals surface area contributed by atoms with Crippen molar-refractivity contribution in [1.82, 2.24) is 0 Å². The average Bonchev–Trinajstić information content (AvgIpc) is 3.07. The minimum absolute atomic E-state index is 0.0977. The van der Waals surface area contributed by atoms with E-state index < -0.39 is 17.8 Å². The maximum atomic E-state index is 12.9. The molecule has 0 aromatic heterocycles. The molecule has 0 bridgehead atoms. The third kappa shape index (κ3) is 4.89. The number of carbonyl (C=O) groups is 4. The van der Waals surface area contributed by atoms with E-state index in [1.807, 2.05) is 0 Å². The number of hydrogen-bond acceptors (Lipinski definition) is 6. The number of imide groups is 1. The van der Waals surface area contributed by atoms with Gasteiger partial charge < -0.3 is 15.4 Å². The number of ether oxygens (including phenoxy) is 1. The molecule has 1 aliphatic rings. The lowest BCUT2D eigenvalue weighted by atomic mass is 10.1. The lowest BCUT2D eigenvalue weighted by Gasteiger charge is -2.16. The van der Waals surface area contributed by atoms with Crippen LogP contribution in [0.5, 0.6) is 0 Å². The third-order valence-electron chi connectivity index (χ3n) is 5.10. The minimum Gasteiger partial charge on any atom is -0.465 e. The molecule has 8 nitrogen and oxygen atoms in total. The van der Waals surface area contributed by atoms with Crippen molar-refractivity contribution in [3.63, 3.8) is 0 Å². The molecule has 0 unspecified atom stereocenters. The lowest BCUT2D eigenvalue weighted by Crippen LogP contribution is -2.32. The van der Waals surface area contributed by atoms with Crippen LogP contribution < -0.4 is 15.5 Å². The molecule has 2 N–H and O–H groups in total. The quantitative estimate of drug-likeness (QED) is 0.364. The minimum atomic E-state index is -0.693.